The monoisotopic (exact) mass is 291 g/mol. The minimum absolute atomic E-state index is 0.365. The number of carbonyl (C=O) groups excluding carboxylic acids is 1. The Balaban J connectivity index is 2.31. The molecule has 2 unspecified atom stereocenters. The predicted octanol–water partition coefficient (Wildman–Crippen LogP) is 3.51. The van der Waals surface area contributed by atoms with Crippen LogP contribution in [0.1, 0.15) is 52.1 Å². The van der Waals surface area contributed by atoms with Crippen LogP contribution >= 0.6 is 0 Å². The normalized spacial score (nSPS) is 26.5. The number of hydrogen-bond donors (Lipinski definition) is 1. The van der Waals surface area contributed by atoms with Gasteiger partial charge in [0.25, 0.3) is 0 Å². The van der Waals surface area contributed by atoms with E-state index < -0.39 is 11.2 Å². The highest BCUT2D eigenvalue weighted by Gasteiger charge is 2.43. The van der Waals surface area contributed by atoms with Crippen molar-refractivity contribution >= 4 is 6.09 Å². The second-order valence-electron chi connectivity index (χ2n) is 6.95. The van der Waals surface area contributed by atoms with Crippen molar-refractivity contribution in [1.82, 2.24) is 4.90 Å². The number of nitrogens with zero attached hydrogens (tertiary/aromatic N) is 1. The fourth-order valence-corrected chi connectivity index (χ4v) is 2.90. The zero-order chi connectivity index (χ0) is 15.7. The maximum atomic E-state index is 12.5. The number of aliphatic hydroxyl groups is 1. The van der Waals surface area contributed by atoms with Gasteiger partial charge in [0.2, 0.25) is 0 Å². The number of rotatable bonds is 1. The number of benzene rings is 1. The van der Waals surface area contributed by atoms with E-state index >= 15 is 0 Å². The molecule has 0 radical (unpaired) electrons. The second kappa shape index (κ2) is 5.68. The molecule has 0 bridgehead atoms. The summed E-state index contributed by atoms with van der Waals surface area (Å²) in [5.74, 6) is 0. The highest BCUT2D eigenvalue weighted by Crippen LogP contribution is 2.39. The summed E-state index contributed by atoms with van der Waals surface area (Å²) in [7, 11) is 0. The van der Waals surface area contributed by atoms with Crippen LogP contribution in [0.4, 0.5) is 4.79 Å². The summed E-state index contributed by atoms with van der Waals surface area (Å²) in [6.07, 6.45) is 1.08. The Bertz CT molecular complexity index is 491. The van der Waals surface area contributed by atoms with Gasteiger partial charge < -0.3 is 9.84 Å². The molecule has 2 rings (SSSR count). The maximum absolute atomic E-state index is 12.5. The smallest absolute Gasteiger partial charge is 0.410 e. The van der Waals surface area contributed by atoms with Crippen molar-refractivity contribution in [3.05, 3.63) is 35.9 Å². The molecule has 0 aromatic heterocycles. The number of ether oxygens (including phenoxy) is 1. The molecule has 1 saturated heterocycles. The number of piperidine rings is 1. The van der Waals surface area contributed by atoms with E-state index in [0.717, 1.165) is 12.0 Å². The summed E-state index contributed by atoms with van der Waals surface area (Å²) in [6.45, 7) is 7.95. The first-order valence-electron chi connectivity index (χ1n) is 7.48. The van der Waals surface area contributed by atoms with Crippen molar-refractivity contribution in [2.75, 3.05) is 6.54 Å². The van der Waals surface area contributed by atoms with E-state index in [1.165, 1.54) is 0 Å². The number of hydrogen-bond acceptors (Lipinski definition) is 3. The summed E-state index contributed by atoms with van der Waals surface area (Å²) in [5, 5.41) is 10.8. The molecule has 1 aliphatic rings. The van der Waals surface area contributed by atoms with Crippen LogP contribution in [0.15, 0.2) is 30.3 Å². The minimum Gasteiger partial charge on any atom is -0.444 e. The first-order chi connectivity index (χ1) is 9.71. The molecule has 116 valence electrons. The molecule has 0 spiro atoms. The Kier molecular flexibility index (Phi) is 4.28. The lowest BCUT2D eigenvalue weighted by Crippen LogP contribution is -2.52. The summed E-state index contributed by atoms with van der Waals surface area (Å²) in [4.78, 5) is 14.1. The van der Waals surface area contributed by atoms with Crippen molar-refractivity contribution in [3.63, 3.8) is 0 Å². The van der Waals surface area contributed by atoms with Crippen LogP contribution in [0.5, 0.6) is 0 Å². The Morgan fingerprint density at radius 1 is 1.33 bits per heavy atom. The first kappa shape index (κ1) is 15.8. The molecule has 1 aromatic rings. The van der Waals surface area contributed by atoms with Crippen LogP contribution in [0.2, 0.25) is 0 Å². The molecule has 1 heterocycles. The third-order valence-corrected chi connectivity index (χ3v) is 3.73. The molecule has 1 N–H and O–H groups in total. The number of carbonyl (C=O) groups is 1. The average molecular weight is 291 g/mol. The molecular formula is C17H25NO3. The molecule has 4 nitrogen and oxygen atoms in total. The van der Waals surface area contributed by atoms with Gasteiger partial charge in [0.1, 0.15) is 5.60 Å². The molecule has 1 aromatic carbocycles. The van der Waals surface area contributed by atoms with E-state index in [1.807, 2.05) is 51.1 Å². The van der Waals surface area contributed by atoms with Crippen LogP contribution in [0, 0.1) is 0 Å². The van der Waals surface area contributed by atoms with Crippen molar-refractivity contribution in [2.45, 2.75) is 57.8 Å². The minimum atomic E-state index is -0.948. The molecule has 21 heavy (non-hydrogen) atoms. The van der Waals surface area contributed by atoms with Gasteiger partial charge in [-0.2, -0.15) is 0 Å². The molecule has 2 atom stereocenters. The van der Waals surface area contributed by atoms with Gasteiger partial charge in [0.15, 0.2) is 0 Å². The summed E-state index contributed by atoms with van der Waals surface area (Å²) >= 11 is 0. The van der Waals surface area contributed by atoms with E-state index in [1.54, 1.807) is 11.8 Å². The fourth-order valence-electron chi connectivity index (χ4n) is 2.90. The fraction of sp³-hybridized carbons (Fsp3) is 0.588. The van der Waals surface area contributed by atoms with Crippen LogP contribution in [0.3, 0.4) is 0 Å². The van der Waals surface area contributed by atoms with Gasteiger partial charge in [-0.05, 0) is 46.1 Å². The van der Waals surface area contributed by atoms with Gasteiger partial charge in [0.05, 0.1) is 11.6 Å². The van der Waals surface area contributed by atoms with E-state index in [2.05, 4.69) is 0 Å². The lowest BCUT2D eigenvalue weighted by molar-refractivity contribution is -0.0749. The first-order valence-corrected chi connectivity index (χ1v) is 7.48. The lowest BCUT2D eigenvalue weighted by Gasteiger charge is -2.45. The van der Waals surface area contributed by atoms with Crippen molar-refractivity contribution in [3.8, 4) is 0 Å². The highest BCUT2D eigenvalue weighted by atomic mass is 16.6. The molecular weight excluding hydrogens is 266 g/mol. The highest BCUT2D eigenvalue weighted by molar-refractivity contribution is 5.69. The second-order valence-corrected chi connectivity index (χ2v) is 6.95. The summed E-state index contributed by atoms with van der Waals surface area (Å²) in [6, 6.07) is 9.30. The molecule has 1 aliphatic heterocycles. The lowest BCUT2D eigenvalue weighted by atomic mass is 9.82. The van der Waals surface area contributed by atoms with Crippen molar-refractivity contribution < 1.29 is 14.6 Å². The average Bonchev–Trinajstić information content (AvgIpc) is 2.36. The van der Waals surface area contributed by atoms with Crippen LogP contribution in [0.25, 0.3) is 0 Å². The van der Waals surface area contributed by atoms with Gasteiger partial charge in [0, 0.05) is 6.54 Å². The Labute approximate surface area is 126 Å². The standard InChI is InChI=1S/C17H25NO3/c1-16(2,3)21-15(19)18-12-8-11-17(4,20)14(18)13-9-6-5-7-10-13/h5-7,9-10,14,20H,8,11-12H2,1-4H3. The Hall–Kier alpha value is -1.55. The number of likely N-dealkylation sites (tertiary alicyclic amines) is 1. The van der Waals surface area contributed by atoms with Gasteiger partial charge in [-0.3, -0.25) is 4.90 Å². The zero-order valence-corrected chi connectivity index (χ0v) is 13.3. The molecule has 4 heteroatoms. The van der Waals surface area contributed by atoms with Crippen LogP contribution in [-0.4, -0.2) is 33.8 Å². The van der Waals surface area contributed by atoms with Crippen LogP contribution < -0.4 is 0 Å². The summed E-state index contributed by atoms with van der Waals surface area (Å²) < 4.78 is 5.50. The third-order valence-electron chi connectivity index (χ3n) is 3.73. The predicted molar refractivity (Wildman–Crippen MR) is 82.0 cm³/mol. The largest absolute Gasteiger partial charge is 0.444 e. The molecule has 0 saturated carbocycles. The molecule has 1 amide bonds. The van der Waals surface area contributed by atoms with Gasteiger partial charge in [-0.25, -0.2) is 4.79 Å². The van der Waals surface area contributed by atoms with Crippen LogP contribution in [-0.2, 0) is 4.74 Å². The van der Waals surface area contributed by atoms with Gasteiger partial charge in [-0.15, -0.1) is 0 Å². The topological polar surface area (TPSA) is 49.8 Å². The third kappa shape index (κ3) is 3.76. The molecule has 1 fully saturated rings. The van der Waals surface area contributed by atoms with E-state index in [-0.39, 0.29) is 12.1 Å². The quantitative estimate of drug-likeness (QED) is 0.861. The maximum Gasteiger partial charge on any atom is 0.410 e. The van der Waals surface area contributed by atoms with E-state index in [4.69, 9.17) is 4.74 Å². The zero-order valence-electron chi connectivity index (χ0n) is 13.3. The Morgan fingerprint density at radius 2 is 1.95 bits per heavy atom. The van der Waals surface area contributed by atoms with Gasteiger partial charge >= 0.3 is 6.09 Å². The van der Waals surface area contributed by atoms with Crippen molar-refractivity contribution in [2.24, 2.45) is 0 Å². The van der Waals surface area contributed by atoms with Crippen molar-refractivity contribution in [1.29, 1.82) is 0 Å². The van der Waals surface area contributed by atoms with Gasteiger partial charge in [-0.1, -0.05) is 30.3 Å². The Morgan fingerprint density at radius 3 is 2.52 bits per heavy atom. The van der Waals surface area contributed by atoms with E-state index in [0.29, 0.717) is 13.0 Å². The summed E-state index contributed by atoms with van der Waals surface area (Å²) in [5.41, 5.74) is -0.550. The number of amides is 1. The molecule has 0 aliphatic carbocycles. The van der Waals surface area contributed by atoms with E-state index in [9.17, 15) is 9.90 Å². The SMILES string of the molecule is CC(C)(C)OC(=O)N1CCCC(C)(O)C1c1ccccc1.